The molecule has 0 saturated heterocycles. The van der Waals surface area contributed by atoms with Crippen molar-refractivity contribution in [2.45, 2.75) is 6.92 Å². The standard InChI is InChI=1S/C13H11ClO/c1-9-4-2-3-5-11(9)12-8-10(14)6-7-13(12)15/h2-8,15H,1H3. The molecule has 0 aromatic heterocycles. The van der Waals surface area contributed by atoms with Gasteiger partial charge in [-0.3, -0.25) is 0 Å². The predicted octanol–water partition coefficient (Wildman–Crippen LogP) is 4.02. The summed E-state index contributed by atoms with van der Waals surface area (Å²) in [6.45, 7) is 2.01. The number of hydrogen-bond acceptors (Lipinski definition) is 1. The molecular weight excluding hydrogens is 208 g/mol. The molecule has 0 unspecified atom stereocenters. The van der Waals surface area contributed by atoms with Gasteiger partial charge in [0.1, 0.15) is 5.75 Å². The smallest absolute Gasteiger partial charge is 0.123 e. The fraction of sp³-hybridized carbons (Fsp3) is 0.0769. The number of aryl methyl sites for hydroxylation is 1. The van der Waals surface area contributed by atoms with Crippen LogP contribution in [0.15, 0.2) is 42.5 Å². The number of phenolic OH excluding ortho intramolecular Hbond substituents is 1. The van der Waals surface area contributed by atoms with Crippen LogP contribution in [0.25, 0.3) is 11.1 Å². The van der Waals surface area contributed by atoms with Gasteiger partial charge in [0, 0.05) is 10.6 Å². The van der Waals surface area contributed by atoms with E-state index in [1.54, 1.807) is 18.2 Å². The molecule has 0 aliphatic rings. The largest absolute Gasteiger partial charge is 0.507 e. The SMILES string of the molecule is Cc1ccccc1-c1cc(Cl)ccc1O. The highest BCUT2D eigenvalue weighted by Crippen LogP contribution is 2.33. The third-order valence-electron chi connectivity index (χ3n) is 2.39. The molecule has 0 fully saturated rings. The van der Waals surface area contributed by atoms with Gasteiger partial charge in [0.25, 0.3) is 0 Å². The Morgan fingerprint density at radius 3 is 2.47 bits per heavy atom. The van der Waals surface area contributed by atoms with E-state index in [1.807, 2.05) is 31.2 Å². The van der Waals surface area contributed by atoms with Crippen LogP contribution in [0, 0.1) is 6.92 Å². The molecule has 2 rings (SSSR count). The van der Waals surface area contributed by atoms with Crippen molar-refractivity contribution in [2.24, 2.45) is 0 Å². The van der Waals surface area contributed by atoms with Crippen molar-refractivity contribution in [3.63, 3.8) is 0 Å². The fourth-order valence-electron chi connectivity index (χ4n) is 1.60. The van der Waals surface area contributed by atoms with Crippen LogP contribution < -0.4 is 0 Å². The predicted molar refractivity (Wildman–Crippen MR) is 63.3 cm³/mol. The maximum Gasteiger partial charge on any atom is 0.123 e. The number of benzene rings is 2. The van der Waals surface area contributed by atoms with Crippen LogP contribution >= 0.6 is 11.6 Å². The molecule has 1 N–H and O–H groups in total. The molecule has 0 radical (unpaired) electrons. The van der Waals surface area contributed by atoms with Gasteiger partial charge in [0.15, 0.2) is 0 Å². The van der Waals surface area contributed by atoms with Crippen LogP contribution in [0.4, 0.5) is 0 Å². The van der Waals surface area contributed by atoms with Crippen molar-refractivity contribution in [1.29, 1.82) is 0 Å². The zero-order chi connectivity index (χ0) is 10.8. The normalized spacial score (nSPS) is 10.3. The number of halogens is 1. The summed E-state index contributed by atoms with van der Waals surface area (Å²) in [5.41, 5.74) is 2.91. The second kappa shape index (κ2) is 3.95. The van der Waals surface area contributed by atoms with E-state index in [0.717, 1.165) is 16.7 Å². The highest BCUT2D eigenvalue weighted by Gasteiger charge is 2.06. The van der Waals surface area contributed by atoms with Crippen molar-refractivity contribution in [3.05, 3.63) is 53.1 Å². The molecule has 15 heavy (non-hydrogen) atoms. The maximum atomic E-state index is 9.75. The minimum absolute atomic E-state index is 0.258. The van der Waals surface area contributed by atoms with Crippen LogP contribution in [0.5, 0.6) is 5.75 Å². The zero-order valence-electron chi connectivity index (χ0n) is 8.37. The van der Waals surface area contributed by atoms with Crippen LogP contribution in [0.2, 0.25) is 5.02 Å². The van der Waals surface area contributed by atoms with E-state index in [-0.39, 0.29) is 5.75 Å². The van der Waals surface area contributed by atoms with Gasteiger partial charge >= 0.3 is 0 Å². The Kier molecular flexibility index (Phi) is 2.65. The number of hydrogen-bond donors (Lipinski definition) is 1. The molecule has 0 saturated carbocycles. The molecule has 1 nitrogen and oxygen atoms in total. The van der Waals surface area contributed by atoms with E-state index < -0.39 is 0 Å². The van der Waals surface area contributed by atoms with E-state index in [1.165, 1.54) is 0 Å². The first-order chi connectivity index (χ1) is 7.18. The van der Waals surface area contributed by atoms with Crippen molar-refractivity contribution < 1.29 is 5.11 Å². The summed E-state index contributed by atoms with van der Waals surface area (Å²) in [6, 6.07) is 13.0. The lowest BCUT2D eigenvalue weighted by atomic mass is 10.00. The van der Waals surface area contributed by atoms with E-state index in [9.17, 15) is 5.11 Å². The molecule has 0 aliphatic heterocycles. The third-order valence-corrected chi connectivity index (χ3v) is 2.63. The summed E-state index contributed by atoms with van der Waals surface area (Å²) in [6.07, 6.45) is 0. The highest BCUT2D eigenvalue weighted by molar-refractivity contribution is 6.31. The Hall–Kier alpha value is -1.47. The number of rotatable bonds is 1. The summed E-state index contributed by atoms with van der Waals surface area (Å²) >= 11 is 5.91. The summed E-state index contributed by atoms with van der Waals surface area (Å²) < 4.78 is 0. The molecule has 2 heteroatoms. The van der Waals surface area contributed by atoms with Crippen LogP contribution in [-0.2, 0) is 0 Å². The molecular formula is C13H11ClO. The van der Waals surface area contributed by atoms with Crippen molar-refractivity contribution in [1.82, 2.24) is 0 Å². The van der Waals surface area contributed by atoms with E-state index in [4.69, 9.17) is 11.6 Å². The Labute approximate surface area is 94.0 Å². The third kappa shape index (κ3) is 1.97. The maximum absolute atomic E-state index is 9.75. The average Bonchev–Trinajstić information content (AvgIpc) is 2.23. The molecule has 2 aromatic carbocycles. The van der Waals surface area contributed by atoms with Crippen molar-refractivity contribution in [3.8, 4) is 16.9 Å². The minimum atomic E-state index is 0.258. The topological polar surface area (TPSA) is 20.2 Å². The molecule has 2 aromatic rings. The lowest BCUT2D eigenvalue weighted by Crippen LogP contribution is -1.83. The van der Waals surface area contributed by atoms with Gasteiger partial charge < -0.3 is 5.11 Å². The van der Waals surface area contributed by atoms with Gasteiger partial charge in [-0.25, -0.2) is 0 Å². The fourth-order valence-corrected chi connectivity index (χ4v) is 1.77. The first-order valence-electron chi connectivity index (χ1n) is 4.73. The average molecular weight is 219 g/mol. The summed E-state index contributed by atoms with van der Waals surface area (Å²) in [4.78, 5) is 0. The molecule has 0 spiro atoms. The van der Waals surface area contributed by atoms with Crippen LogP contribution in [0.1, 0.15) is 5.56 Å². The summed E-state index contributed by atoms with van der Waals surface area (Å²) in [5.74, 6) is 0.258. The van der Waals surface area contributed by atoms with Gasteiger partial charge in [0.2, 0.25) is 0 Å². The molecule has 0 bridgehead atoms. The van der Waals surface area contributed by atoms with Gasteiger partial charge in [-0.2, -0.15) is 0 Å². The van der Waals surface area contributed by atoms with E-state index >= 15 is 0 Å². The van der Waals surface area contributed by atoms with Gasteiger partial charge in [0.05, 0.1) is 0 Å². The highest BCUT2D eigenvalue weighted by atomic mass is 35.5. The first-order valence-corrected chi connectivity index (χ1v) is 5.11. The molecule has 76 valence electrons. The van der Waals surface area contributed by atoms with Crippen molar-refractivity contribution in [2.75, 3.05) is 0 Å². The Morgan fingerprint density at radius 2 is 1.73 bits per heavy atom. The monoisotopic (exact) mass is 218 g/mol. The first kappa shape index (κ1) is 10.1. The van der Waals surface area contributed by atoms with Crippen molar-refractivity contribution >= 4 is 11.6 Å². The number of phenols is 1. The van der Waals surface area contributed by atoms with Crippen LogP contribution in [0.3, 0.4) is 0 Å². The summed E-state index contributed by atoms with van der Waals surface area (Å²) in [5, 5.41) is 10.4. The molecule has 0 heterocycles. The number of aromatic hydroxyl groups is 1. The zero-order valence-corrected chi connectivity index (χ0v) is 9.12. The molecule has 0 aliphatic carbocycles. The van der Waals surface area contributed by atoms with E-state index in [0.29, 0.717) is 5.02 Å². The van der Waals surface area contributed by atoms with E-state index in [2.05, 4.69) is 0 Å². The Bertz CT molecular complexity index is 492. The van der Waals surface area contributed by atoms with Gasteiger partial charge in [-0.1, -0.05) is 35.9 Å². The second-order valence-electron chi connectivity index (χ2n) is 3.48. The lowest BCUT2D eigenvalue weighted by molar-refractivity contribution is 0.477. The Morgan fingerprint density at radius 1 is 1.00 bits per heavy atom. The van der Waals surface area contributed by atoms with Gasteiger partial charge in [-0.15, -0.1) is 0 Å². The van der Waals surface area contributed by atoms with Gasteiger partial charge in [-0.05, 0) is 36.2 Å². The molecule has 0 amide bonds. The quantitative estimate of drug-likeness (QED) is 0.767. The Balaban J connectivity index is 2.64. The van der Waals surface area contributed by atoms with Crippen LogP contribution in [-0.4, -0.2) is 5.11 Å². The summed E-state index contributed by atoms with van der Waals surface area (Å²) in [7, 11) is 0. The molecule has 0 atom stereocenters. The lowest BCUT2D eigenvalue weighted by Gasteiger charge is -2.08. The second-order valence-corrected chi connectivity index (χ2v) is 3.91. The minimum Gasteiger partial charge on any atom is -0.507 e.